The molecule has 0 radical (unpaired) electrons. The van der Waals surface area contributed by atoms with Crippen LogP contribution < -0.4 is 5.32 Å². The molecule has 0 aromatic rings. The Hall–Kier alpha value is -0.570. The summed E-state index contributed by atoms with van der Waals surface area (Å²) < 4.78 is 4.90. The van der Waals surface area contributed by atoms with Gasteiger partial charge in [0.25, 0.3) is 0 Å². The first kappa shape index (κ1) is 12.4. The summed E-state index contributed by atoms with van der Waals surface area (Å²) in [4.78, 5) is 11.3. The number of hydrogen-bond donors (Lipinski definition) is 1. The monoisotopic (exact) mass is 187 g/mol. The zero-order valence-corrected chi connectivity index (χ0v) is 9.09. The Kier molecular flexibility index (Phi) is 6.59. The molecule has 78 valence electrons. The standard InChI is InChI=1S/C10H21NO2/c1-5-9(6-2)7-11-10(12)8(3)13-4/h8-9H,5-7H2,1-4H3,(H,11,12). The van der Waals surface area contributed by atoms with Gasteiger partial charge in [0, 0.05) is 13.7 Å². The Balaban J connectivity index is 3.68. The van der Waals surface area contributed by atoms with Crippen LogP contribution in [0, 0.1) is 5.92 Å². The number of hydrogen-bond acceptors (Lipinski definition) is 2. The summed E-state index contributed by atoms with van der Waals surface area (Å²) >= 11 is 0. The molecule has 1 amide bonds. The van der Waals surface area contributed by atoms with Gasteiger partial charge in [-0.15, -0.1) is 0 Å². The van der Waals surface area contributed by atoms with Crippen molar-refractivity contribution in [1.82, 2.24) is 5.32 Å². The average molecular weight is 187 g/mol. The van der Waals surface area contributed by atoms with Gasteiger partial charge in [-0.3, -0.25) is 4.79 Å². The first-order chi connectivity index (χ1) is 6.15. The van der Waals surface area contributed by atoms with E-state index in [4.69, 9.17) is 4.74 Å². The summed E-state index contributed by atoms with van der Waals surface area (Å²) in [5.41, 5.74) is 0. The Morgan fingerprint density at radius 1 is 1.38 bits per heavy atom. The highest BCUT2D eigenvalue weighted by Crippen LogP contribution is 2.05. The highest BCUT2D eigenvalue weighted by atomic mass is 16.5. The molecular formula is C10H21NO2. The molecule has 13 heavy (non-hydrogen) atoms. The van der Waals surface area contributed by atoms with Crippen molar-refractivity contribution in [2.24, 2.45) is 5.92 Å². The van der Waals surface area contributed by atoms with Gasteiger partial charge in [-0.2, -0.15) is 0 Å². The van der Waals surface area contributed by atoms with Gasteiger partial charge in [0.05, 0.1) is 0 Å². The average Bonchev–Trinajstić information content (AvgIpc) is 2.17. The van der Waals surface area contributed by atoms with Gasteiger partial charge >= 0.3 is 0 Å². The number of amides is 1. The molecule has 1 atom stereocenters. The lowest BCUT2D eigenvalue weighted by Crippen LogP contribution is -2.36. The Bertz CT molecular complexity index is 144. The topological polar surface area (TPSA) is 38.3 Å². The molecule has 1 N–H and O–H groups in total. The van der Waals surface area contributed by atoms with Crippen LogP contribution in [0.25, 0.3) is 0 Å². The van der Waals surface area contributed by atoms with Crippen LogP contribution in [0.4, 0.5) is 0 Å². The first-order valence-corrected chi connectivity index (χ1v) is 4.96. The minimum Gasteiger partial charge on any atom is -0.372 e. The SMILES string of the molecule is CCC(CC)CNC(=O)C(C)OC. The molecule has 3 heteroatoms. The van der Waals surface area contributed by atoms with E-state index in [0.717, 1.165) is 19.4 Å². The van der Waals surface area contributed by atoms with Gasteiger partial charge in [0.1, 0.15) is 6.10 Å². The minimum absolute atomic E-state index is 0.0191. The molecular weight excluding hydrogens is 166 g/mol. The van der Waals surface area contributed by atoms with Crippen LogP contribution in [0.5, 0.6) is 0 Å². The zero-order chi connectivity index (χ0) is 10.3. The van der Waals surface area contributed by atoms with Crippen molar-refractivity contribution in [2.45, 2.75) is 39.7 Å². The number of rotatable bonds is 6. The van der Waals surface area contributed by atoms with Crippen molar-refractivity contribution < 1.29 is 9.53 Å². The van der Waals surface area contributed by atoms with E-state index in [-0.39, 0.29) is 12.0 Å². The minimum atomic E-state index is -0.339. The predicted octanol–water partition coefficient (Wildman–Crippen LogP) is 1.57. The molecule has 3 nitrogen and oxygen atoms in total. The smallest absolute Gasteiger partial charge is 0.248 e. The van der Waals surface area contributed by atoms with E-state index in [1.807, 2.05) is 0 Å². The molecule has 0 aromatic carbocycles. The third-order valence-electron chi connectivity index (χ3n) is 2.44. The van der Waals surface area contributed by atoms with E-state index in [1.165, 1.54) is 0 Å². The van der Waals surface area contributed by atoms with E-state index >= 15 is 0 Å². The lowest BCUT2D eigenvalue weighted by Gasteiger charge is -2.15. The summed E-state index contributed by atoms with van der Waals surface area (Å²) in [6, 6.07) is 0. The Morgan fingerprint density at radius 3 is 2.31 bits per heavy atom. The second kappa shape index (κ2) is 6.89. The summed E-state index contributed by atoms with van der Waals surface area (Å²) in [5, 5.41) is 2.87. The van der Waals surface area contributed by atoms with E-state index in [2.05, 4.69) is 19.2 Å². The van der Waals surface area contributed by atoms with E-state index < -0.39 is 0 Å². The molecule has 0 spiro atoms. The number of ether oxygens (including phenoxy) is 1. The summed E-state index contributed by atoms with van der Waals surface area (Å²) in [7, 11) is 1.54. The van der Waals surface area contributed by atoms with Crippen LogP contribution in [0.15, 0.2) is 0 Å². The van der Waals surface area contributed by atoms with Crippen molar-refractivity contribution in [2.75, 3.05) is 13.7 Å². The lowest BCUT2D eigenvalue weighted by molar-refractivity contribution is -0.130. The maximum Gasteiger partial charge on any atom is 0.248 e. The molecule has 0 fully saturated rings. The number of methoxy groups -OCH3 is 1. The van der Waals surface area contributed by atoms with Gasteiger partial charge in [0.2, 0.25) is 5.91 Å². The fourth-order valence-electron chi connectivity index (χ4n) is 1.07. The van der Waals surface area contributed by atoms with Crippen LogP contribution in [-0.2, 0) is 9.53 Å². The fraction of sp³-hybridized carbons (Fsp3) is 0.900. The van der Waals surface area contributed by atoms with Crippen molar-refractivity contribution in [3.8, 4) is 0 Å². The summed E-state index contributed by atoms with van der Waals surface area (Å²) in [6.07, 6.45) is 1.88. The van der Waals surface area contributed by atoms with E-state index in [1.54, 1.807) is 14.0 Å². The Labute approximate surface area is 80.8 Å². The van der Waals surface area contributed by atoms with Gasteiger partial charge in [0.15, 0.2) is 0 Å². The van der Waals surface area contributed by atoms with Crippen molar-refractivity contribution >= 4 is 5.91 Å². The maximum atomic E-state index is 11.3. The Morgan fingerprint density at radius 2 is 1.92 bits per heavy atom. The second-order valence-electron chi connectivity index (χ2n) is 3.31. The maximum absolute atomic E-state index is 11.3. The molecule has 0 aromatic heterocycles. The highest BCUT2D eigenvalue weighted by Gasteiger charge is 2.12. The third kappa shape index (κ3) is 4.88. The third-order valence-corrected chi connectivity index (χ3v) is 2.44. The molecule has 0 bridgehead atoms. The molecule has 0 saturated carbocycles. The van der Waals surface area contributed by atoms with Crippen molar-refractivity contribution in [1.29, 1.82) is 0 Å². The number of carbonyl (C=O) groups excluding carboxylic acids is 1. The quantitative estimate of drug-likeness (QED) is 0.685. The van der Waals surface area contributed by atoms with Crippen molar-refractivity contribution in [3.63, 3.8) is 0 Å². The van der Waals surface area contributed by atoms with Crippen LogP contribution >= 0.6 is 0 Å². The van der Waals surface area contributed by atoms with Crippen molar-refractivity contribution in [3.05, 3.63) is 0 Å². The normalized spacial score (nSPS) is 13.0. The number of carbonyl (C=O) groups is 1. The van der Waals surface area contributed by atoms with Gasteiger partial charge < -0.3 is 10.1 Å². The second-order valence-corrected chi connectivity index (χ2v) is 3.31. The molecule has 0 heterocycles. The molecule has 0 aliphatic rings. The summed E-state index contributed by atoms with van der Waals surface area (Å²) in [6.45, 7) is 6.79. The van der Waals surface area contributed by atoms with Crippen LogP contribution in [-0.4, -0.2) is 25.7 Å². The largest absolute Gasteiger partial charge is 0.372 e. The zero-order valence-electron chi connectivity index (χ0n) is 9.09. The van der Waals surface area contributed by atoms with Gasteiger partial charge in [-0.1, -0.05) is 26.7 Å². The van der Waals surface area contributed by atoms with E-state index in [0.29, 0.717) is 5.92 Å². The van der Waals surface area contributed by atoms with Crippen LogP contribution in [0.3, 0.4) is 0 Å². The molecule has 0 saturated heterocycles. The van der Waals surface area contributed by atoms with Gasteiger partial charge in [-0.25, -0.2) is 0 Å². The first-order valence-electron chi connectivity index (χ1n) is 4.96. The number of nitrogens with one attached hydrogen (secondary N) is 1. The molecule has 0 aliphatic heterocycles. The lowest BCUT2D eigenvalue weighted by atomic mass is 10.0. The molecule has 1 unspecified atom stereocenters. The molecule has 0 rings (SSSR count). The predicted molar refractivity (Wildman–Crippen MR) is 53.6 cm³/mol. The van der Waals surface area contributed by atoms with Crippen LogP contribution in [0.1, 0.15) is 33.6 Å². The molecule has 0 aliphatic carbocycles. The fourth-order valence-corrected chi connectivity index (χ4v) is 1.07. The van der Waals surface area contributed by atoms with Gasteiger partial charge in [-0.05, 0) is 12.8 Å². The summed E-state index contributed by atoms with van der Waals surface area (Å²) in [5.74, 6) is 0.572. The van der Waals surface area contributed by atoms with Crippen LogP contribution in [0.2, 0.25) is 0 Å². The highest BCUT2D eigenvalue weighted by molar-refractivity contribution is 5.80. The van der Waals surface area contributed by atoms with E-state index in [9.17, 15) is 4.79 Å².